The Morgan fingerprint density at radius 1 is 1.13 bits per heavy atom. The van der Waals surface area contributed by atoms with E-state index in [1.54, 1.807) is 7.11 Å². The molecule has 2 aromatic rings. The maximum Gasteiger partial charge on any atom is 0.222 e. The van der Waals surface area contributed by atoms with E-state index in [1.165, 1.54) is 0 Å². The van der Waals surface area contributed by atoms with Crippen LogP contribution in [-0.2, 0) is 17.9 Å². The molecule has 7 nitrogen and oxygen atoms in total. The molecule has 0 bridgehead atoms. The molecule has 0 saturated carbocycles. The molecule has 1 heterocycles. The number of methoxy groups -OCH3 is 1. The average Bonchev–Trinajstić information content (AvgIpc) is 3.17. The Kier molecular flexibility index (Phi) is 8.15. The second-order valence-electron chi connectivity index (χ2n) is 7.36. The molecule has 7 heteroatoms. The van der Waals surface area contributed by atoms with Crippen LogP contribution in [0.4, 0.5) is 5.69 Å². The number of guanidine groups is 1. The lowest BCUT2D eigenvalue weighted by atomic mass is 10.1. The summed E-state index contributed by atoms with van der Waals surface area (Å²) in [5, 5.41) is 6.60. The number of hydrogen-bond acceptors (Lipinski definition) is 4. The lowest BCUT2D eigenvalue weighted by Crippen LogP contribution is -2.30. The molecule has 1 saturated heterocycles. The highest BCUT2D eigenvalue weighted by molar-refractivity contribution is 5.93. The summed E-state index contributed by atoms with van der Waals surface area (Å²) in [4.78, 5) is 18.6. The molecular formula is C24H32N4O3. The topological polar surface area (TPSA) is 75.2 Å². The number of aliphatic imine (C=N–C) groups is 1. The zero-order valence-corrected chi connectivity index (χ0v) is 18.6. The van der Waals surface area contributed by atoms with Gasteiger partial charge in [-0.1, -0.05) is 24.3 Å². The first-order valence-corrected chi connectivity index (χ1v) is 10.8. The van der Waals surface area contributed by atoms with Crippen LogP contribution in [0.1, 0.15) is 37.8 Å². The summed E-state index contributed by atoms with van der Waals surface area (Å²) in [6.45, 7) is 7.34. The number of amides is 1. The number of carbonyl (C=O) groups excluding carboxylic acids is 1. The van der Waals surface area contributed by atoms with E-state index in [0.717, 1.165) is 36.3 Å². The minimum Gasteiger partial charge on any atom is -0.493 e. The number of anilines is 1. The quantitative estimate of drug-likeness (QED) is 0.473. The summed E-state index contributed by atoms with van der Waals surface area (Å²) in [7, 11) is 1.63. The normalized spacial score (nSPS) is 14.0. The van der Waals surface area contributed by atoms with E-state index < -0.39 is 0 Å². The van der Waals surface area contributed by atoms with Crippen molar-refractivity contribution < 1.29 is 14.3 Å². The molecular weight excluding hydrogens is 392 g/mol. The smallest absolute Gasteiger partial charge is 0.222 e. The van der Waals surface area contributed by atoms with Gasteiger partial charge in [0.25, 0.3) is 0 Å². The fraction of sp³-hybridized carbons (Fsp3) is 0.417. The number of carbonyl (C=O) groups is 1. The highest BCUT2D eigenvalue weighted by atomic mass is 16.5. The third kappa shape index (κ3) is 6.38. The molecule has 0 unspecified atom stereocenters. The summed E-state index contributed by atoms with van der Waals surface area (Å²) in [6.07, 6.45) is 1.62. The Labute approximate surface area is 184 Å². The van der Waals surface area contributed by atoms with Gasteiger partial charge in [-0.3, -0.25) is 4.79 Å². The third-order valence-electron chi connectivity index (χ3n) is 5.03. The monoisotopic (exact) mass is 424 g/mol. The van der Waals surface area contributed by atoms with Gasteiger partial charge in [0.2, 0.25) is 5.91 Å². The third-order valence-corrected chi connectivity index (χ3v) is 5.03. The van der Waals surface area contributed by atoms with E-state index in [2.05, 4.69) is 28.8 Å². The fourth-order valence-corrected chi connectivity index (χ4v) is 3.55. The lowest BCUT2D eigenvalue weighted by Gasteiger charge is -2.16. The van der Waals surface area contributed by atoms with Crippen molar-refractivity contribution in [3.63, 3.8) is 0 Å². The fourth-order valence-electron chi connectivity index (χ4n) is 3.55. The summed E-state index contributed by atoms with van der Waals surface area (Å²) >= 11 is 0. The van der Waals surface area contributed by atoms with Crippen LogP contribution in [0, 0.1) is 0 Å². The molecule has 1 aliphatic heterocycles. The van der Waals surface area contributed by atoms with Gasteiger partial charge in [0, 0.05) is 37.8 Å². The van der Waals surface area contributed by atoms with Crippen LogP contribution in [0.25, 0.3) is 0 Å². The van der Waals surface area contributed by atoms with Crippen LogP contribution in [-0.4, -0.2) is 43.6 Å². The van der Waals surface area contributed by atoms with E-state index in [4.69, 9.17) is 14.5 Å². The van der Waals surface area contributed by atoms with Gasteiger partial charge in [-0.05, 0) is 43.5 Å². The van der Waals surface area contributed by atoms with Crippen molar-refractivity contribution >= 4 is 17.6 Å². The van der Waals surface area contributed by atoms with Gasteiger partial charge < -0.3 is 25.0 Å². The minimum atomic E-state index is 0.243. The summed E-state index contributed by atoms with van der Waals surface area (Å²) < 4.78 is 11.0. The molecule has 0 aliphatic carbocycles. The van der Waals surface area contributed by atoms with Crippen molar-refractivity contribution in [1.29, 1.82) is 0 Å². The first-order valence-electron chi connectivity index (χ1n) is 10.8. The number of hydrogen-bond donors (Lipinski definition) is 2. The van der Waals surface area contributed by atoms with Crippen LogP contribution in [0.15, 0.2) is 47.5 Å². The summed E-state index contributed by atoms with van der Waals surface area (Å²) in [5.41, 5.74) is 3.11. The molecule has 3 rings (SSSR count). The highest BCUT2D eigenvalue weighted by Crippen LogP contribution is 2.30. The SMILES string of the molecule is CCNC(=NCc1cccc(CN2CCCC2=O)c1)Nc1ccc(OC)c(OCC)c1. The first kappa shape index (κ1) is 22.5. The molecule has 1 fully saturated rings. The summed E-state index contributed by atoms with van der Waals surface area (Å²) in [5.74, 6) is 2.32. The Hall–Kier alpha value is -3.22. The molecule has 0 aromatic heterocycles. The number of nitrogens with zero attached hydrogens (tertiary/aromatic N) is 2. The van der Waals surface area contributed by atoms with Crippen LogP contribution in [0.2, 0.25) is 0 Å². The van der Waals surface area contributed by atoms with Gasteiger partial charge >= 0.3 is 0 Å². The van der Waals surface area contributed by atoms with Crippen molar-refractivity contribution in [2.45, 2.75) is 39.8 Å². The molecule has 1 amide bonds. The van der Waals surface area contributed by atoms with Gasteiger partial charge in [-0.2, -0.15) is 0 Å². The van der Waals surface area contributed by atoms with Gasteiger partial charge in [-0.15, -0.1) is 0 Å². The van der Waals surface area contributed by atoms with E-state index in [-0.39, 0.29) is 5.91 Å². The van der Waals surface area contributed by atoms with Crippen LogP contribution in [0.3, 0.4) is 0 Å². The lowest BCUT2D eigenvalue weighted by molar-refractivity contribution is -0.128. The van der Waals surface area contributed by atoms with Gasteiger partial charge in [0.05, 0.1) is 20.3 Å². The Bertz CT molecular complexity index is 913. The van der Waals surface area contributed by atoms with Gasteiger partial charge in [0.15, 0.2) is 17.5 Å². The number of ether oxygens (including phenoxy) is 2. The standard InChI is InChI=1S/C24H32N4O3/c1-4-25-24(27-20-11-12-21(30-3)22(15-20)31-5-2)26-16-18-8-6-9-19(14-18)17-28-13-7-10-23(28)29/h6,8-9,11-12,14-15H,4-5,7,10,13,16-17H2,1-3H3,(H2,25,26,27). The zero-order valence-electron chi connectivity index (χ0n) is 18.6. The maximum atomic E-state index is 11.9. The molecule has 2 N–H and O–H groups in total. The van der Waals surface area contributed by atoms with Crippen LogP contribution >= 0.6 is 0 Å². The van der Waals surface area contributed by atoms with E-state index >= 15 is 0 Å². The number of likely N-dealkylation sites (tertiary alicyclic amines) is 1. The predicted molar refractivity (Wildman–Crippen MR) is 124 cm³/mol. The molecule has 0 radical (unpaired) electrons. The van der Waals surface area contributed by atoms with Crippen molar-refractivity contribution in [2.24, 2.45) is 4.99 Å². The Morgan fingerprint density at radius 3 is 2.68 bits per heavy atom. The average molecular weight is 425 g/mol. The molecule has 31 heavy (non-hydrogen) atoms. The van der Waals surface area contributed by atoms with Gasteiger partial charge in [-0.25, -0.2) is 4.99 Å². The maximum absolute atomic E-state index is 11.9. The molecule has 2 aromatic carbocycles. The number of rotatable bonds is 9. The number of benzene rings is 2. The second kappa shape index (κ2) is 11.2. The van der Waals surface area contributed by atoms with E-state index in [9.17, 15) is 4.79 Å². The van der Waals surface area contributed by atoms with E-state index in [0.29, 0.717) is 43.6 Å². The molecule has 0 atom stereocenters. The van der Waals surface area contributed by atoms with Crippen LogP contribution < -0.4 is 20.1 Å². The zero-order chi connectivity index (χ0) is 22.1. The van der Waals surface area contributed by atoms with Gasteiger partial charge in [0.1, 0.15) is 0 Å². The van der Waals surface area contributed by atoms with Crippen LogP contribution in [0.5, 0.6) is 11.5 Å². The molecule has 166 valence electrons. The minimum absolute atomic E-state index is 0.243. The highest BCUT2D eigenvalue weighted by Gasteiger charge is 2.19. The second-order valence-corrected chi connectivity index (χ2v) is 7.36. The van der Waals surface area contributed by atoms with Crippen molar-refractivity contribution in [3.8, 4) is 11.5 Å². The van der Waals surface area contributed by atoms with Crippen molar-refractivity contribution in [3.05, 3.63) is 53.6 Å². The summed E-state index contributed by atoms with van der Waals surface area (Å²) in [6, 6.07) is 14.0. The van der Waals surface area contributed by atoms with E-state index in [1.807, 2.05) is 43.0 Å². The van der Waals surface area contributed by atoms with Crippen molar-refractivity contribution in [1.82, 2.24) is 10.2 Å². The Morgan fingerprint density at radius 2 is 1.97 bits per heavy atom. The number of nitrogens with one attached hydrogen (secondary N) is 2. The molecule has 0 spiro atoms. The Balaban J connectivity index is 1.69. The van der Waals surface area contributed by atoms with Crippen molar-refractivity contribution in [2.75, 3.05) is 32.1 Å². The largest absolute Gasteiger partial charge is 0.493 e. The molecule has 1 aliphatic rings. The predicted octanol–water partition coefficient (Wildman–Crippen LogP) is 3.79. The first-order chi connectivity index (χ1) is 15.1.